The van der Waals surface area contributed by atoms with Crippen molar-refractivity contribution in [2.45, 2.75) is 32.7 Å². The highest BCUT2D eigenvalue weighted by atomic mass is 16.2. The van der Waals surface area contributed by atoms with Gasteiger partial charge in [0, 0.05) is 12.2 Å². The number of para-hydroxylation sites is 1. The Bertz CT molecular complexity index is 1060. The first-order chi connectivity index (χ1) is 15.2. The highest BCUT2D eigenvalue weighted by molar-refractivity contribution is 5.96. The van der Waals surface area contributed by atoms with Crippen molar-refractivity contribution in [3.63, 3.8) is 0 Å². The molecule has 1 aliphatic heterocycles. The van der Waals surface area contributed by atoms with Crippen molar-refractivity contribution in [1.29, 1.82) is 0 Å². The Morgan fingerprint density at radius 2 is 1.81 bits per heavy atom. The molecule has 4 rings (SSSR count). The zero-order chi connectivity index (χ0) is 21.6. The smallest absolute Gasteiger partial charge is 0.273 e. The van der Waals surface area contributed by atoms with Crippen molar-refractivity contribution >= 4 is 17.5 Å². The summed E-state index contributed by atoms with van der Waals surface area (Å²) in [6, 6.07) is 18.1. The van der Waals surface area contributed by atoms with Crippen LogP contribution in [0.2, 0.25) is 0 Å². The van der Waals surface area contributed by atoms with Gasteiger partial charge in [0.05, 0.1) is 30.5 Å². The van der Waals surface area contributed by atoms with Gasteiger partial charge in [0.1, 0.15) is 0 Å². The van der Waals surface area contributed by atoms with Gasteiger partial charge >= 0.3 is 0 Å². The number of hydrogen-bond donors (Lipinski definition) is 2. The van der Waals surface area contributed by atoms with E-state index < -0.39 is 0 Å². The van der Waals surface area contributed by atoms with E-state index in [2.05, 4.69) is 26.9 Å². The number of carbonyl (C=O) groups is 2. The summed E-state index contributed by atoms with van der Waals surface area (Å²) < 4.78 is 1.83. The van der Waals surface area contributed by atoms with Crippen LogP contribution in [-0.2, 0) is 24.2 Å². The number of aryl methyl sites for hydroxylation is 1. The topological polar surface area (TPSA) is 79.3 Å². The van der Waals surface area contributed by atoms with Gasteiger partial charge in [-0.25, -0.2) is 0 Å². The van der Waals surface area contributed by atoms with Gasteiger partial charge in [-0.1, -0.05) is 55.5 Å². The SMILES string of the molecule is CCc1c(C(=O)NNC(=O)CN2CCCc3ccccc32)cnn1Cc1ccccc1. The zero-order valence-corrected chi connectivity index (χ0v) is 17.7. The average molecular weight is 418 g/mol. The molecule has 1 aliphatic rings. The monoisotopic (exact) mass is 417 g/mol. The molecule has 160 valence electrons. The third-order valence-electron chi connectivity index (χ3n) is 5.56. The molecule has 0 radical (unpaired) electrons. The summed E-state index contributed by atoms with van der Waals surface area (Å²) in [6.07, 6.45) is 4.26. The molecular formula is C24H27N5O2. The molecule has 2 N–H and O–H groups in total. The van der Waals surface area contributed by atoms with Gasteiger partial charge < -0.3 is 4.90 Å². The maximum atomic E-state index is 12.7. The Labute approximate surface area is 182 Å². The number of carbonyl (C=O) groups excluding carboxylic acids is 2. The summed E-state index contributed by atoms with van der Waals surface area (Å²) in [7, 11) is 0. The molecule has 31 heavy (non-hydrogen) atoms. The van der Waals surface area contributed by atoms with Crippen LogP contribution in [0.1, 0.15) is 40.5 Å². The van der Waals surface area contributed by atoms with Gasteiger partial charge in [0.2, 0.25) is 0 Å². The van der Waals surface area contributed by atoms with E-state index in [1.807, 2.05) is 60.1 Å². The van der Waals surface area contributed by atoms with Gasteiger partial charge in [-0.3, -0.25) is 25.1 Å². The zero-order valence-electron chi connectivity index (χ0n) is 17.7. The lowest BCUT2D eigenvalue weighted by Crippen LogP contribution is -2.47. The second-order valence-corrected chi connectivity index (χ2v) is 7.66. The first-order valence-electron chi connectivity index (χ1n) is 10.7. The van der Waals surface area contributed by atoms with Crippen LogP contribution in [0.5, 0.6) is 0 Å². The fourth-order valence-corrected chi connectivity index (χ4v) is 4.05. The number of nitrogens with zero attached hydrogens (tertiary/aromatic N) is 3. The number of hydrogen-bond acceptors (Lipinski definition) is 4. The lowest BCUT2D eigenvalue weighted by molar-refractivity contribution is -0.120. The van der Waals surface area contributed by atoms with E-state index in [0.29, 0.717) is 18.5 Å². The molecule has 0 bridgehead atoms. The molecule has 2 amide bonds. The maximum Gasteiger partial charge on any atom is 0.273 e. The maximum absolute atomic E-state index is 12.7. The van der Waals surface area contributed by atoms with Crippen LogP contribution in [0, 0.1) is 0 Å². The second-order valence-electron chi connectivity index (χ2n) is 7.66. The van der Waals surface area contributed by atoms with E-state index in [0.717, 1.165) is 36.3 Å². The fraction of sp³-hybridized carbons (Fsp3) is 0.292. The van der Waals surface area contributed by atoms with Crippen LogP contribution in [0.3, 0.4) is 0 Å². The van der Waals surface area contributed by atoms with Gasteiger partial charge in [0.15, 0.2) is 0 Å². The average Bonchev–Trinajstić information content (AvgIpc) is 3.21. The first-order valence-corrected chi connectivity index (χ1v) is 10.7. The predicted molar refractivity (Wildman–Crippen MR) is 120 cm³/mol. The molecular weight excluding hydrogens is 390 g/mol. The molecule has 0 fully saturated rings. The Kier molecular flexibility index (Phi) is 6.31. The molecule has 3 aromatic rings. The molecule has 0 aliphatic carbocycles. The van der Waals surface area contributed by atoms with Gasteiger partial charge in [0.25, 0.3) is 11.8 Å². The van der Waals surface area contributed by atoms with E-state index in [9.17, 15) is 9.59 Å². The first kappa shape index (κ1) is 20.7. The number of benzene rings is 2. The molecule has 2 heterocycles. The minimum Gasteiger partial charge on any atom is -0.362 e. The summed E-state index contributed by atoms with van der Waals surface area (Å²) >= 11 is 0. The van der Waals surface area contributed by atoms with E-state index in [1.165, 1.54) is 5.56 Å². The van der Waals surface area contributed by atoms with Crippen LogP contribution in [0.15, 0.2) is 60.8 Å². The summed E-state index contributed by atoms with van der Waals surface area (Å²) in [5.41, 5.74) is 9.86. The number of nitrogens with one attached hydrogen (secondary N) is 2. The Balaban J connectivity index is 1.36. The highest BCUT2D eigenvalue weighted by Gasteiger charge is 2.20. The van der Waals surface area contributed by atoms with Crippen LogP contribution >= 0.6 is 0 Å². The quantitative estimate of drug-likeness (QED) is 0.605. The summed E-state index contributed by atoms with van der Waals surface area (Å²) in [4.78, 5) is 27.2. The third kappa shape index (κ3) is 4.77. The Hall–Kier alpha value is -3.61. The van der Waals surface area contributed by atoms with Crippen molar-refractivity contribution in [1.82, 2.24) is 20.6 Å². The molecule has 2 aromatic carbocycles. The second kappa shape index (κ2) is 9.47. The third-order valence-corrected chi connectivity index (χ3v) is 5.56. The molecule has 0 unspecified atom stereocenters. The van der Waals surface area contributed by atoms with E-state index >= 15 is 0 Å². The van der Waals surface area contributed by atoms with Crippen molar-refractivity contribution in [3.05, 3.63) is 83.2 Å². The molecule has 1 aromatic heterocycles. The number of hydrazine groups is 1. The van der Waals surface area contributed by atoms with Crippen molar-refractivity contribution < 1.29 is 9.59 Å². The van der Waals surface area contributed by atoms with Crippen LogP contribution in [-0.4, -0.2) is 34.7 Å². The minimum absolute atomic E-state index is 0.200. The number of amides is 2. The van der Waals surface area contributed by atoms with Gasteiger partial charge in [-0.05, 0) is 36.5 Å². The van der Waals surface area contributed by atoms with E-state index in [1.54, 1.807) is 6.20 Å². The van der Waals surface area contributed by atoms with Crippen LogP contribution in [0.25, 0.3) is 0 Å². The van der Waals surface area contributed by atoms with Crippen molar-refractivity contribution in [2.24, 2.45) is 0 Å². The Morgan fingerprint density at radius 3 is 2.61 bits per heavy atom. The summed E-state index contributed by atoms with van der Waals surface area (Å²) in [5, 5.41) is 4.38. The number of anilines is 1. The molecule has 0 saturated heterocycles. The normalized spacial score (nSPS) is 12.9. The molecule has 0 saturated carbocycles. The lowest BCUT2D eigenvalue weighted by atomic mass is 10.0. The van der Waals surface area contributed by atoms with Gasteiger partial charge in [-0.15, -0.1) is 0 Å². The Morgan fingerprint density at radius 1 is 1.03 bits per heavy atom. The fourth-order valence-electron chi connectivity index (χ4n) is 4.05. The van der Waals surface area contributed by atoms with Gasteiger partial charge in [-0.2, -0.15) is 5.10 Å². The number of rotatable bonds is 6. The molecule has 7 nitrogen and oxygen atoms in total. The summed E-state index contributed by atoms with van der Waals surface area (Å²) in [5.74, 6) is -0.608. The van der Waals surface area contributed by atoms with E-state index in [-0.39, 0.29) is 18.4 Å². The lowest BCUT2D eigenvalue weighted by Gasteiger charge is -2.30. The van der Waals surface area contributed by atoms with Crippen LogP contribution < -0.4 is 15.8 Å². The largest absolute Gasteiger partial charge is 0.362 e. The summed E-state index contributed by atoms with van der Waals surface area (Å²) in [6.45, 7) is 3.61. The highest BCUT2D eigenvalue weighted by Crippen LogP contribution is 2.26. The van der Waals surface area contributed by atoms with Crippen LogP contribution in [0.4, 0.5) is 5.69 Å². The van der Waals surface area contributed by atoms with Crippen molar-refractivity contribution in [3.8, 4) is 0 Å². The predicted octanol–water partition coefficient (Wildman–Crippen LogP) is 2.71. The van der Waals surface area contributed by atoms with E-state index in [4.69, 9.17) is 0 Å². The van der Waals surface area contributed by atoms with Crippen molar-refractivity contribution in [2.75, 3.05) is 18.0 Å². The standard InChI is InChI=1S/C24H27N5O2/c1-2-21-20(15-25-29(21)16-18-9-4-3-5-10-18)24(31)27-26-23(30)17-28-14-8-12-19-11-6-7-13-22(19)28/h3-7,9-11,13,15H,2,8,12,14,16-17H2,1H3,(H,26,30)(H,27,31). The molecule has 7 heteroatoms. The number of aromatic nitrogens is 2. The number of fused-ring (bicyclic) bond motifs is 1. The minimum atomic E-state index is -0.358. The molecule has 0 spiro atoms. The molecule has 0 atom stereocenters.